The number of phenols is 1. The van der Waals surface area contributed by atoms with E-state index < -0.39 is 12.0 Å². The summed E-state index contributed by atoms with van der Waals surface area (Å²) in [7, 11) is 1.28. The Balaban J connectivity index is 3.03. The van der Waals surface area contributed by atoms with E-state index in [-0.39, 0.29) is 12.2 Å². The van der Waals surface area contributed by atoms with Crippen LogP contribution in [-0.2, 0) is 9.53 Å². The number of phenolic OH excluding ortho intramolecular Hbond substituents is 1. The van der Waals surface area contributed by atoms with E-state index in [4.69, 9.17) is 17.3 Å². The summed E-state index contributed by atoms with van der Waals surface area (Å²) in [5.74, 6) is -0.409. The summed E-state index contributed by atoms with van der Waals surface area (Å²) in [6.07, 6.45) is -0.0206. The van der Waals surface area contributed by atoms with Crippen LogP contribution in [0.4, 0.5) is 0 Å². The molecule has 0 unspecified atom stereocenters. The van der Waals surface area contributed by atoms with Gasteiger partial charge in [-0.2, -0.15) is 0 Å². The molecule has 16 heavy (non-hydrogen) atoms. The van der Waals surface area contributed by atoms with Crippen molar-refractivity contribution >= 4 is 17.6 Å². The predicted octanol–water partition coefficient (Wildman–Crippen LogP) is 1.92. The van der Waals surface area contributed by atoms with E-state index in [1.165, 1.54) is 7.11 Å². The van der Waals surface area contributed by atoms with Crippen molar-refractivity contribution in [2.45, 2.75) is 19.4 Å². The molecule has 0 fully saturated rings. The summed E-state index contributed by atoms with van der Waals surface area (Å²) in [5, 5.41) is 10.2. The molecule has 1 aromatic rings. The van der Waals surface area contributed by atoms with Crippen LogP contribution in [0.1, 0.15) is 23.6 Å². The molecule has 0 saturated carbocycles. The highest BCUT2D eigenvalue weighted by molar-refractivity contribution is 6.31. The van der Waals surface area contributed by atoms with Crippen molar-refractivity contribution in [1.29, 1.82) is 0 Å². The van der Waals surface area contributed by atoms with Crippen molar-refractivity contribution in [2.75, 3.05) is 7.11 Å². The van der Waals surface area contributed by atoms with Crippen molar-refractivity contribution in [3.05, 3.63) is 28.3 Å². The maximum Gasteiger partial charge on any atom is 0.307 e. The molecule has 0 heterocycles. The van der Waals surface area contributed by atoms with Gasteiger partial charge in [0.05, 0.1) is 13.5 Å². The SMILES string of the molecule is COC(=O)C[C@@H](N)c1c(Cl)ccc(C)c1O. The highest BCUT2D eigenvalue weighted by atomic mass is 35.5. The summed E-state index contributed by atoms with van der Waals surface area (Å²) in [6, 6.07) is 2.66. The lowest BCUT2D eigenvalue weighted by molar-refractivity contribution is -0.141. The second kappa shape index (κ2) is 5.18. The van der Waals surface area contributed by atoms with E-state index in [1.54, 1.807) is 19.1 Å². The third kappa shape index (κ3) is 2.65. The molecule has 0 spiro atoms. The van der Waals surface area contributed by atoms with Gasteiger partial charge < -0.3 is 15.6 Å². The van der Waals surface area contributed by atoms with Crippen LogP contribution < -0.4 is 5.73 Å². The molecule has 0 saturated heterocycles. The highest BCUT2D eigenvalue weighted by Gasteiger charge is 2.19. The lowest BCUT2D eigenvalue weighted by Gasteiger charge is -2.15. The Morgan fingerprint density at radius 3 is 2.81 bits per heavy atom. The number of carbonyl (C=O) groups is 1. The Bertz CT molecular complexity index is 406. The van der Waals surface area contributed by atoms with E-state index in [9.17, 15) is 9.90 Å². The number of nitrogens with two attached hydrogens (primary N) is 1. The zero-order valence-corrected chi connectivity index (χ0v) is 9.91. The van der Waals surface area contributed by atoms with E-state index in [0.29, 0.717) is 16.1 Å². The lowest BCUT2D eigenvalue weighted by atomic mass is 10.0. The molecule has 4 nitrogen and oxygen atoms in total. The zero-order chi connectivity index (χ0) is 12.3. The van der Waals surface area contributed by atoms with Crippen LogP contribution in [0.15, 0.2) is 12.1 Å². The van der Waals surface area contributed by atoms with Crippen molar-refractivity contribution in [1.82, 2.24) is 0 Å². The molecule has 1 aromatic carbocycles. The average Bonchev–Trinajstić information content (AvgIpc) is 2.24. The highest BCUT2D eigenvalue weighted by Crippen LogP contribution is 2.34. The van der Waals surface area contributed by atoms with Crippen molar-refractivity contribution < 1.29 is 14.6 Å². The topological polar surface area (TPSA) is 72.5 Å². The second-order valence-corrected chi connectivity index (χ2v) is 3.92. The third-order valence-electron chi connectivity index (χ3n) is 2.35. The smallest absolute Gasteiger partial charge is 0.307 e. The molecular weight excluding hydrogens is 230 g/mol. The van der Waals surface area contributed by atoms with Gasteiger partial charge in [-0.1, -0.05) is 17.7 Å². The Hall–Kier alpha value is -1.26. The molecule has 0 aliphatic carbocycles. The van der Waals surface area contributed by atoms with Crippen molar-refractivity contribution in [3.8, 4) is 5.75 Å². The standard InChI is InChI=1S/C11H14ClNO3/c1-6-3-4-7(12)10(11(6)15)8(13)5-9(14)16-2/h3-4,8,15H,5,13H2,1-2H3/t8-/m1/s1. The van der Waals surface area contributed by atoms with Gasteiger partial charge in [-0.15, -0.1) is 0 Å². The van der Waals surface area contributed by atoms with Crippen molar-refractivity contribution in [3.63, 3.8) is 0 Å². The van der Waals surface area contributed by atoms with Gasteiger partial charge in [0, 0.05) is 16.6 Å². The number of hydrogen-bond acceptors (Lipinski definition) is 4. The lowest BCUT2D eigenvalue weighted by Crippen LogP contribution is -2.17. The summed E-state index contributed by atoms with van der Waals surface area (Å²) in [5.41, 5.74) is 6.84. The van der Waals surface area contributed by atoms with Gasteiger partial charge in [-0.25, -0.2) is 0 Å². The Labute approximate surface area is 99.0 Å². The Morgan fingerprint density at radius 2 is 2.25 bits per heavy atom. The van der Waals surface area contributed by atoms with Gasteiger partial charge in [-0.05, 0) is 18.6 Å². The fourth-order valence-electron chi connectivity index (χ4n) is 1.41. The largest absolute Gasteiger partial charge is 0.507 e. The normalized spacial score (nSPS) is 12.2. The van der Waals surface area contributed by atoms with Gasteiger partial charge in [0.15, 0.2) is 0 Å². The molecule has 1 atom stereocenters. The van der Waals surface area contributed by atoms with Gasteiger partial charge in [-0.3, -0.25) is 4.79 Å². The quantitative estimate of drug-likeness (QED) is 0.796. The number of aromatic hydroxyl groups is 1. The molecule has 5 heteroatoms. The van der Waals surface area contributed by atoms with Gasteiger partial charge in [0.2, 0.25) is 0 Å². The summed E-state index contributed by atoms with van der Waals surface area (Å²) in [6.45, 7) is 1.74. The summed E-state index contributed by atoms with van der Waals surface area (Å²) < 4.78 is 4.51. The number of esters is 1. The minimum absolute atomic E-state index is 0.0206. The van der Waals surface area contributed by atoms with Crippen LogP contribution in [0.2, 0.25) is 5.02 Å². The number of rotatable bonds is 3. The van der Waals surface area contributed by atoms with Crippen LogP contribution in [0, 0.1) is 6.92 Å². The van der Waals surface area contributed by atoms with E-state index in [2.05, 4.69) is 4.74 Å². The molecule has 3 N–H and O–H groups in total. The number of aryl methyl sites for hydroxylation is 1. The number of benzene rings is 1. The maximum absolute atomic E-state index is 11.1. The fourth-order valence-corrected chi connectivity index (χ4v) is 1.70. The first-order valence-corrected chi connectivity index (χ1v) is 5.15. The minimum Gasteiger partial charge on any atom is -0.507 e. The number of carbonyl (C=O) groups excluding carboxylic acids is 1. The molecule has 88 valence electrons. The summed E-state index contributed by atoms with van der Waals surface area (Å²) in [4.78, 5) is 11.1. The van der Waals surface area contributed by atoms with Crippen LogP contribution in [0.5, 0.6) is 5.75 Å². The van der Waals surface area contributed by atoms with E-state index in [0.717, 1.165) is 0 Å². The van der Waals surface area contributed by atoms with E-state index >= 15 is 0 Å². The molecular formula is C11H14ClNO3. The first-order valence-electron chi connectivity index (χ1n) is 4.77. The molecule has 0 aliphatic heterocycles. The minimum atomic E-state index is -0.667. The summed E-state index contributed by atoms with van der Waals surface area (Å²) >= 11 is 5.93. The molecule has 0 aromatic heterocycles. The Morgan fingerprint density at radius 1 is 1.62 bits per heavy atom. The van der Waals surface area contributed by atoms with Crippen molar-refractivity contribution in [2.24, 2.45) is 5.73 Å². The first-order chi connectivity index (χ1) is 7.47. The second-order valence-electron chi connectivity index (χ2n) is 3.51. The molecule has 0 bridgehead atoms. The Kier molecular flexibility index (Phi) is 4.15. The number of ether oxygens (including phenoxy) is 1. The maximum atomic E-state index is 11.1. The fraction of sp³-hybridized carbons (Fsp3) is 0.364. The molecule has 0 aliphatic rings. The van der Waals surface area contributed by atoms with Crippen LogP contribution >= 0.6 is 11.6 Å². The number of hydrogen-bond donors (Lipinski definition) is 2. The van der Waals surface area contributed by atoms with Gasteiger partial charge in [0.1, 0.15) is 5.75 Å². The van der Waals surface area contributed by atoms with Crippen LogP contribution in [0.25, 0.3) is 0 Å². The third-order valence-corrected chi connectivity index (χ3v) is 2.68. The average molecular weight is 244 g/mol. The predicted molar refractivity (Wildman–Crippen MR) is 61.4 cm³/mol. The van der Waals surface area contributed by atoms with Gasteiger partial charge in [0.25, 0.3) is 0 Å². The first kappa shape index (κ1) is 12.8. The van der Waals surface area contributed by atoms with Crippen LogP contribution in [0.3, 0.4) is 0 Å². The zero-order valence-electron chi connectivity index (χ0n) is 9.16. The number of halogens is 1. The van der Waals surface area contributed by atoms with Crippen LogP contribution in [-0.4, -0.2) is 18.2 Å². The molecule has 0 amide bonds. The molecule has 0 radical (unpaired) electrons. The van der Waals surface area contributed by atoms with Gasteiger partial charge >= 0.3 is 5.97 Å². The molecule has 1 rings (SSSR count). The van der Waals surface area contributed by atoms with E-state index in [1.807, 2.05) is 0 Å². The number of methoxy groups -OCH3 is 1. The monoisotopic (exact) mass is 243 g/mol.